The van der Waals surface area contributed by atoms with E-state index in [1.54, 1.807) is 64.1 Å². The standard InChI is InChI=1S/C24H31N4O7PS.C16H15N3O3S/c1-5-34-36(33,35-6-2)20(10-12-22(29)30)27-24(32)19-9-11-21(37-19)28(4)14-16-7-8-18-17(13-16)23(31)26-15(3)25-18;1-9-17-12-4-3-10(7-11(12)15(20)18-9)8-19(2)14-6-5-13(23-14)16(21)22/h7-9,11,13,20H,5-6,10,12,14H2,1-4H3,(H,27,32)(H,29,30)(H,25,26,31);3-7H,8H2,1-2H3,(H,21,22)(H,17,18,20)/t20-;/m1./s1. The summed E-state index contributed by atoms with van der Waals surface area (Å²) in [7, 11) is -0.0273. The predicted octanol–water partition coefficient (Wildman–Crippen LogP) is 6.74. The fraction of sp³-hybridized carbons (Fsp3) is 0.325. The van der Waals surface area contributed by atoms with Crippen molar-refractivity contribution in [3.05, 3.63) is 114 Å². The molecule has 0 aliphatic carbocycles. The number of thiophene rings is 2. The Bertz CT molecular complexity index is 2670. The number of hydrogen-bond acceptors (Lipinski definition) is 14. The van der Waals surface area contributed by atoms with Crippen molar-refractivity contribution in [3.8, 4) is 0 Å². The van der Waals surface area contributed by atoms with Crippen LogP contribution in [0.25, 0.3) is 21.8 Å². The average molecular weight is 880 g/mol. The van der Waals surface area contributed by atoms with Gasteiger partial charge in [-0.25, -0.2) is 14.8 Å². The molecule has 20 heteroatoms. The monoisotopic (exact) mass is 879 g/mol. The maximum atomic E-state index is 13.3. The van der Waals surface area contributed by atoms with E-state index in [-0.39, 0.29) is 37.2 Å². The van der Waals surface area contributed by atoms with Gasteiger partial charge in [-0.05, 0) is 93.8 Å². The maximum absolute atomic E-state index is 13.3. The van der Waals surface area contributed by atoms with Crippen molar-refractivity contribution in [1.82, 2.24) is 25.3 Å². The number of benzene rings is 2. The van der Waals surface area contributed by atoms with Crippen LogP contribution in [0.3, 0.4) is 0 Å². The topological polar surface area (TPSA) is 237 Å². The molecule has 2 aromatic carbocycles. The fourth-order valence-electron chi connectivity index (χ4n) is 6.18. The molecule has 0 saturated carbocycles. The molecule has 0 saturated heterocycles. The zero-order valence-electron chi connectivity index (χ0n) is 33.8. The van der Waals surface area contributed by atoms with E-state index in [0.717, 1.165) is 21.1 Å². The summed E-state index contributed by atoms with van der Waals surface area (Å²) in [6, 6.07) is 17.9. The minimum absolute atomic E-state index is 0.0843. The molecule has 60 heavy (non-hydrogen) atoms. The first-order chi connectivity index (χ1) is 28.5. The van der Waals surface area contributed by atoms with Crippen LogP contribution in [-0.2, 0) is 31.5 Å². The summed E-state index contributed by atoms with van der Waals surface area (Å²) in [6.45, 7) is 7.99. The lowest BCUT2D eigenvalue weighted by molar-refractivity contribution is -0.137. The van der Waals surface area contributed by atoms with E-state index in [1.807, 2.05) is 48.2 Å². The van der Waals surface area contributed by atoms with E-state index < -0.39 is 31.2 Å². The minimum atomic E-state index is -3.78. The lowest BCUT2D eigenvalue weighted by atomic mass is 10.1. The third kappa shape index (κ3) is 11.5. The number of nitrogens with one attached hydrogen (secondary N) is 3. The van der Waals surface area contributed by atoms with Crippen LogP contribution < -0.4 is 26.2 Å². The van der Waals surface area contributed by atoms with Crippen molar-refractivity contribution < 1.29 is 38.2 Å². The van der Waals surface area contributed by atoms with Crippen LogP contribution in [0.5, 0.6) is 0 Å². The molecule has 0 radical (unpaired) electrons. The van der Waals surface area contributed by atoms with Crippen LogP contribution in [0.4, 0.5) is 10.0 Å². The van der Waals surface area contributed by atoms with Gasteiger partial charge in [0.25, 0.3) is 17.0 Å². The first kappa shape index (κ1) is 45.4. The molecule has 17 nitrogen and oxygen atoms in total. The zero-order chi connectivity index (χ0) is 43.7. The van der Waals surface area contributed by atoms with Gasteiger partial charge in [-0.3, -0.25) is 23.7 Å². The van der Waals surface area contributed by atoms with E-state index in [4.69, 9.17) is 19.3 Å². The van der Waals surface area contributed by atoms with Crippen molar-refractivity contribution in [1.29, 1.82) is 0 Å². The SMILES string of the molecule is CCOP(=O)(OCC)[C@H](CCC(=O)O)NC(=O)c1ccc(N(C)Cc2ccc3nc(C)[nH]c(=O)c3c2)s1.Cc1nc2ccc(CN(C)c3ccc(C(=O)O)s3)cc2c(=O)[nH]1. The summed E-state index contributed by atoms with van der Waals surface area (Å²) < 4.78 is 24.0. The summed E-state index contributed by atoms with van der Waals surface area (Å²) in [5, 5.41) is 23.5. The zero-order valence-corrected chi connectivity index (χ0v) is 36.3. The van der Waals surface area contributed by atoms with E-state index in [9.17, 15) is 28.5 Å². The molecule has 318 valence electrons. The molecule has 6 aromatic rings. The number of rotatable bonds is 17. The van der Waals surface area contributed by atoms with Gasteiger partial charge in [-0.1, -0.05) is 12.1 Å². The van der Waals surface area contributed by atoms with Crippen LogP contribution in [0.2, 0.25) is 0 Å². The van der Waals surface area contributed by atoms with Crippen LogP contribution in [0, 0.1) is 13.8 Å². The number of fused-ring (bicyclic) bond motifs is 2. The molecule has 4 aromatic heterocycles. The molecule has 0 spiro atoms. The minimum Gasteiger partial charge on any atom is -0.481 e. The first-order valence-corrected chi connectivity index (χ1v) is 22.0. The van der Waals surface area contributed by atoms with Gasteiger partial charge >= 0.3 is 19.5 Å². The van der Waals surface area contributed by atoms with Gasteiger partial charge in [0.1, 0.15) is 22.3 Å². The predicted molar refractivity (Wildman–Crippen MR) is 233 cm³/mol. The molecule has 0 aliphatic rings. The Hall–Kier alpha value is -5.72. The highest BCUT2D eigenvalue weighted by Gasteiger charge is 2.37. The van der Waals surface area contributed by atoms with E-state index in [0.29, 0.717) is 56.3 Å². The van der Waals surface area contributed by atoms with Gasteiger partial charge in [-0.2, -0.15) is 0 Å². The molecule has 4 heterocycles. The number of carboxylic acid groups (broad SMARTS) is 2. The largest absolute Gasteiger partial charge is 0.481 e. The lowest BCUT2D eigenvalue weighted by Gasteiger charge is -2.26. The van der Waals surface area contributed by atoms with E-state index in [2.05, 4.69) is 25.3 Å². The van der Waals surface area contributed by atoms with Gasteiger partial charge in [0.05, 0.1) is 49.9 Å². The van der Waals surface area contributed by atoms with Gasteiger partial charge < -0.3 is 44.3 Å². The molecular weight excluding hydrogens is 834 g/mol. The van der Waals surface area contributed by atoms with Crippen molar-refractivity contribution in [2.75, 3.05) is 37.1 Å². The Morgan fingerprint density at radius 2 is 1.23 bits per heavy atom. The molecular formula is C40H46N7O10PS2. The summed E-state index contributed by atoms with van der Waals surface area (Å²) in [5.41, 5.74) is 2.80. The number of aromatic amines is 2. The fourth-order valence-corrected chi connectivity index (χ4v) is 9.73. The van der Waals surface area contributed by atoms with E-state index in [1.165, 1.54) is 22.7 Å². The lowest BCUT2D eigenvalue weighted by Crippen LogP contribution is -2.36. The smallest absolute Gasteiger partial charge is 0.352 e. The number of amides is 1. The van der Waals surface area contributed by atoms with Gasteiger partial charge in [0, 0.05) is 33.6 Å². The summed E-state index contributed by atoms with van der Waals surface area (Å²) >= 11 is 2.45. The normalized spacial score (nSPS) is 11.8. The molecule has 6 rings (SSSR count). The Morgan fingerprint density at radius 3 is 1.67 bits per heavy atom. The summed E-state index contributed by atoms with van der Waals surface area (Å²) in [4.78, 5) is 78.0. The van der Waals surface area contributed by atoms with Gasteiger partial charge in [0.2, 0.25) is 0 Å². The highest BCUT2D eigenvalue weighted by atomic mass is 32.1. The Labute approximate surface area is 352 Å². The number of nitrogens with zero attached hydrogens (tertiary/aromatic N) is 4. The Morgan fingerprint density at radius 1 is 0.767 bits per heavy atom. The molecule has 1 atom stereocenters. The number of carbonyl (C=O) groups excluding carboxylic acids is 1. The first-order valence-electron chi connectivity index (χ1n) is 18.8. The second-order valence-corrected chi connectivity index (χ2v) is 17.9. The molecule has 0 aliphatic heterocycles. The second kappa shape index (κ2) is 20.0. The second-order valence-electron chi connectivity index (χ2n) is 13.6. The van der Waals surface area contributed by atoms with Crippen molar-refractivity contribution in [2.45, 2.75) is 59.4 Å². The number of H-pyrrole nitrogens is 2. The van der Waals surface area contributed by atoms with Crippen LogP contribution in [-0.4, -0.2) is 81.1 Å². The number of hydrogen-bond donors (Lipinski definition) is 5. The number of aliphatic carboxylic acids is 1. The van der Waals surface area contributed by atoms with Crippen molar-refractivity contribution in [2.24, 2.45) is 0 Å². The third-order valence-corrected chi connectivity index (χ3v) is 13.7. The van der Waals surface area contributed by atoms with E-state index >= 15 is 0 Å². The Kier molecular flexibility index (Phi) is 15.1. The molecule has 0 unspecified atom stereocenters. The third-order valence-electron chi connectivity index (χ3n) is 8.92. The van der Waals surface area contributed by atoms with Crippen molar-refractivity contribution in [3.63, 3.8) is 0 Å². The number of carboxylic acids is 2. The van der Waals surface area contributed by atoms with Crippen molar-refractivity contribution >= 4 is 79.9 Å². The van der Waals surface area contributed by atoms with Crippen LogP contribution >= 0.6 is 30.3 Å². The summed E-state index contributed by atoms with van der Waals surface area (Å²) in [5.74, 6) is -2.47. The number of aromatic carboxylic acids is 1. The van der Waals surface area contributed by atoms with Gasteiger partial charge in [0.15, 0.2) is 0 Å². The Balaban J connectivity index is 0.000000253. The summed E-state index contributed by atoms with van der Waals surface area (Å²) in [6.07, 6.45) is -0.414. The van der Waals surface area contributed by atoms with Gasteiger partial charge in [-0.15, -0.1) is 22.7 Å². The highest BCUT2D eigenvalue weighted by molar-refractivity contribution is 7.54. The molecule has 1 amide bonds. The maximum Gasteiger partial charge on any atom is 0.352 e. The molecule has 0 fully saturated rings. The number of aromatic nitrogens is 4. The number of carbonyl (C=O) groups is 3. The number of anilines is 2. The average Bonchev–Trinajstić information content (AvgIpc) is 3.89. The quantitative estimate of drug-likeness (QED) is 0.0597. The highest BCUT2D eigenvalue weighted by Crippen LogP contribution is 2.53. The molecule has 0 bridgehead atoms. The number of aryl methyl sites for hydroxylation is 2. The molecule has 5 N–H and O–H groups in total. The van der Waals surface area contributed by atoms with Crippen LogP contribution in [0.1, 0.15) is 68.8 Å². The van der Waals surface area contributed by atoms with Crippen LogP contribution in [0.15, 0.2) is 70.3 Å².